The van der Waals surface area contributed by atoms with Gasteiger partial charge in [0.1, 0.15) is 35.0 Å². The van der Waals surface area contributed by atoms with E-state index in [4.69, 9.17) is 22.1 Å². The highest BCUT2D eigenvalue weighted by Gasteiger charge is 2.18. The largest absolute Gasteiger partial charge is 0.372 e. The number of thiazole rings is 1. The normalized spacial score (nSPS) is 10.1. The minimum atomic E-state index is -0.364. The molecule has 0 saturated heterocycles. The minimum Gasteiger partial charge on any atom is -0.372 e. The molecule has 11 heteroatoms. The van der Waals surface area contributed by atoms with Crippen LogP contribution in [-0.2, 0) is 4.79 Å². The lowest BCUT2D eigenvalue weighted by Crippen LogP contribution is -2.21. The Morgan fingerprint density at radius 2 is 1.87 bits per heavy atom. The number of nitrogens with one attached hydrogen (secondary N) is 1. The lowest BCUT2D eigenvalue weighted by atomic mass is 10.1. The van der Waals surface area contributed by atoms with Crippen LogP contribution in [0.5, 0.6) is 0 Å². The summed E-state index contributed by atoms with van der Waals surface area (Å²) in [4.78, 5) is 17.9. The van der Waals surface area contributed by atoms with Gasteiger partial charge in [-0.15, -0.1) is 10.2 Å². The second-order valence-electron chi connectivity index (χ2n) is 5.96. The van der Waals surface area contributed by atoms with E-state index in [2.05, 4.69) is 25.4 Å². The number of amides is 1. The Bertz CT molecular complexity index is 1160. The van der Waals surface area contributed by atoms with Crippen molar-refractivity contribution >= 4 is 56.6 Å². The van der Waals surface area contributed by atoms with Gasteiger partial charge in [-0.1, -0.05) is 22.9 Å². The molecular weight excluding hydrogens is 436 g/mol. The maximum atomic E-state index is 11.6. The second-order valence-corrected chi connectivity index (χ2v) is 7.29. The number of rotatable bonds is 7. The monoisotopic (exact) mass is 452 g/mol. The SMILES string of the molecule is CCN(CC)c1ccc(N=Nc2nc(Cl)c(C(C#N)=C(C#N)C#N)s2)c(NC(C)=O)c1. The highest BCUT2D eigenvalue weighted by atomic mass is 35.5. The van der Waals surface area contributed by atoms with Crippen LogP contribution >= 0.6 is 22.9 Å². The van der Waals surface area contributed by atoms with Crippen molar-refractivity contribution in [3.05, 3.63) is 33.8 Å². The van der Waals surface area contributed by atoms with E-state index in [1.54, 1.807) is 24.3 Å². The Hall–Kier alpha value is -3.78. The van der Waals surface area contributed by atoms with Crippen LogP contribution in [0.2, 0.25) is 5.15 Å². The zero-order valence-corrected chi connectivity index (χ0v) is 18.5. The van der Waals surface area contributed by atoms with Crippen LogP contribution in [0, 0.1) is 34.0 Å². The van der Waals surface area contributed by atoms with E-state index in [9.17, 15) is 10.1 Å². The first-order valence-electron chi connectivity index (χ1n) is 9.07. The number of benzene rings is 1. The van der Waals surface area contributed by atoms with E-state index in [0.717, 1.165) is 30.1 Å². The van der Waals surface area contributed by atoms with Crippen LogP contribution in [-0.4, -0.2) is 24.0 Å². The van der Waals surface area contributed by atoms with Gasteiger partial charge >= 0.3 is 0 Å². The number of hydrogen-bond donors (Lipinski definition) is 1. The summed E-state index contributed by atoms with van der Waals surface area (Å²) in [5.41, 5.74) is 1.28. The molecular formula is C20H17ClN8OS. The molecule has 0 spiro atoms. The molecule has 1 aromatic carbocycles. The first-order valence-corrected chi connectivity index (χ1v) is 10.3. The summed E-state index contributed by atoms with van der Waals surface area (Å²) < 4.78 is 0. The molecule has 2 aromatic rings. The summed E-state index contributed by atoms with van der Waals surface area (Å²) in [6, 6.07) is 10.5. The molecule has 0 bridgehead atoms. The predicted molar refractivity (Wildman–Crippen MR) is 119 cm³/mol. The van der Waals surface area contributed by atoms with Crippen LogP contribution < -0.4 is 10.2 Å². The number of aromatic nitrogens is 1. The first kappa shape index (κ1) is 23.5. The molecule has 9 nitrogen and oxygen atoms in total. The van der Waals surface area contributed by atoms with E-state index in [1.807, 2.05) is 26.0 Å². The zero-order chi connectivity index (χ0) is 23.0. The van der Waals surface area contributed by atoms with Gasteiger partial charge in [0.15, 0.2) is 5.15 Å². The van der Waals surface area contributed by atoms with Crippen molar-refractivity contribution in [1.29, 1.82) is 15.8 Å². The molecule has 156 valence electrons. The fraction of sp³-hybridized carbons (Fsp3) is 0.250. The van der Waals surface area contributed by atoms with Crippen LogP contribution in [0.15, 0.2) is 34.0 Å². The van der Waals surface area contributed by atoms with Crippen molar-refractivity contribution in [3.8, 4) is 18.2 Å². The third-order valence-corrected chi connectivity index (χ3v) is 5.39. The quantitative estimate of drug-likeness (QED) is 0.443. The van der Waals surface area contributed by atoms with E-state index in [0.29, 0.717) is 11.4 Å². The van der Waals surface area contributed by atoms with Crippen LogP contribution in [0.1, 0.15) is 25.6 Å². The Morgan fingerprint density at radius 3 is 2.42 bits per heavy atom. The van der Waals surface area contributed by atoms with Crippen LogP contribution in [0.3, 0.4) is 0 Å². The molecule has 2 rings (SSSR count). The average molecular weight is 453 g/mol. The smallest absolute Gasteiger partial charge is 0.232 e. The lowest BCUT2D eigenvalue weighted by Gasteiger charge is -2.22. The van der Waals surface area contributed by atoms with Gasteiger partial charge in [0.2, 0.25) is 11.0 Å². The van der Waals surface area contributed by atoms with Gasteiger partial charge in [-0.3, -0.25) is 4.79 Å². The Kier molecular flexibility index (Phi) is 8.22. The summed E-state index contributed by atoms with van der Waals surface area (Å²) in [5.74, 6) is -0.253. The standard InChI is InChI=1S/C20H17ClN8OS/c1-4-29(5-2)14-6-7-16(17(8-14)25-12(3)30)27-28-20-26-19(21)18(31-20)15(11-24)13(9-22)10-23/h6-8H,4-5H2,1-3H3,(H,25,30). The zero-order valence-electron chi connectivity index (χ0n) is 17.0. The molecule has 1 aromatic heterocycles. The molecule has 0 unspecified atom stereocenters. The highest BCUT2D eigenvalue weighted by Crippen LogP contribution is 2.37. The lowest BCUT2D eigenvalue weighted by molar-refractivity contribution is -0.114. The van der Waals surface area contributed by atoms with Crippen LogP contribution in [0.4, 0.5) is 22.2 Å². The Labute approximate surface area is 188 Å². The van der Waals surface area contributed by atoms with Gasteiger partial charge in [0.25, 0.3) is 0 Å². The number of anilines is 2. The summed E-state index contributed by atoms with van der Waals surface area (Å²) in [5, 5.41) is 38.4. The molecule has 0 fully saturated rings. The molecule has 1 heterocycles. The number of hydrogen-bond acceptors (Lipinski definition) is 9. The topological polar surface area (TPSA) is 141 Å². The van der Waals surface area contributed by atoms with Gasteiger partial charge in [0, 0.05) is 25.7 Å². The van der Waals surface area contributed by atoms with Crippen LogP contribution in [0.25, 0.3) is 5.57 Å². The molecule has 1 amide bonds. The van der Waals surface area contributed by atoms with E-state index >= 15 is 0 Å². The maximum Gasteiger partial charge on any atom is 0.232 e. The van der Waals surface area contributed by atoms with Crippen molar-refractivity contribution in [2.75, 3.05) is 23.3 Å². The summed E-state index contributed by atoms with van der Waals surface area (Å²) in [6.07, 6.45) is 0. The van der Waals surface area contributed by atoms with Crippen molar-refractivity contribution < 1.29 is 4.79 Å². The highest BCUT2D eigenvalue weighted by molar-refractivity contribution is 7.17. The van der Waals surface area contributed by atoms with Gasteiger partial charge in [-0.25, -0.2) is 4.98 Å². The second kappa shape index (κ2) is 10.8. The summed E-state index contributed by atoms with van der Waals surface area (Å²) in [6.45, 7) is 7.08. The number of azo groups is 1. The van der Waals surface area contributed by atoms with Crippen molar-refractivity contribution in [3.63, 3.8) is 0 Å². The van der Waals surface area contributed by atoms with Gasteiger partial charge in [0.05, 0.1) is 10.6 Å². The minimum absolute atomic E-state index is 0.0579. The summed E-state index contributed by atoms with van der Waals surface area (Å²) >= 11 is 7.00. The summed E-state index contributed by atoms with van der Waals surface area (Å²) in [7, 11) is 0. The number of halogens is 1. The third-order valence-electron chi connectivity index (χ3n) is 4.05. The van der Waals surface area contributed by atoms with Gasteiger partial charge < -0.3 is 10.2 Å². The fourth-order valence-electron chi connectivity index (χ4n) is 2.63. The molecule has 31 heavy (non-hydrogen) atoms. The number of allylic oxidation sites excluding steroid dienone is 2. The molecule has 0 aliphatic carbocycles. The van der Waals surface area contributed by atoms with Gasteiger partial charge in [-0.05, 0) is 32.0 Å². The first-order chi connectivity index (χ1) is 14.9. The van der Waals surface area contributed by atoms with E-state index in [-0.39, 0.29) is 32.2 Å². The van der Waals surface area contributed by atoms with Crippen molar-refractivity contribution in [2.45, 2.75) is 20.8 Å². The van der Waals surface area contributed by atoms with E-state index < -0.39 is 0 Å². The molecule has 0 aliphatic heterocycles. The molecule has 0 saturated carbocycles. The molecule has 0 radical (unpaired) electrons. The predicted octanol–water partition coefficient (Wildman–Crippen LogP) is 5.34. The average Bonchev–Trinajstić information content (AvgIpc) is 3.11. The molecule has 1 N–H and O–H groups in total. The Morgan fingerprint density at radius 1 is 1.19 bits per heavy atom. The maximum absolute atomic E-state index is 11.6. The number of carbonyl (C=O) groups is 1. The van der Waals surface area contributed by atoms with Crippen molar-refractivity contribution in [2.24, 2.45) is 10.2 Å². The third kappa shape index (κ3) is 5.64. The molecule has 0 atom stereocenters. The fourth-order valence-corrected chi connectivity index (χ4v) is 3.75. The number of carbonyl (C=O) groups excluding carboxylic acids is 1. The number of nitrogens with zero attached hydrogens (tertiary/aromatic N) is 7. The van der Waals surface area contributed by atoms with E-state index in [1.165, 1.54) is 6.92 Å². The molecule has 0 aliphatic rings. The van der Waals surface area contributed by atoms with Gasteiger partial charge in [-0.2, -0.15) is 15.8 Å². The van der Waals surface area contributed by atoms with Crippen molar-refractivity contribution in [1.82, 2.24) is 4.98 Å². The number of nitriles is 3. The Balaban J connectivity index is 2.45.